The quantitative estimate of drug-likeness (QED) is 0.673. The smallest absolute Gasteiger partial charge is 0.255 e. The largest absolute Gasteiger partial charge is 0.493 e. The van der Waals surface area contributed by atoms with Crippen molar-refractivity contribution < 1.29 is 9.53 Å². The zero-order valence-corrected chi connectivity index (χ0v) is 18.2. The Labute approximate surface area is 180 Å². The van der Waals surface area contributed by atoms with Gasteiger partial charge in [0.15, 0.2) is 5.13 Å². The number of nitrogens with zero attached hydrogens (tertiary/aromatic N) is 3. The number of rotatable bonds is 5. The van der Waals surface area contributed by atoms with Crippen LogP contribution in [0.15, 0.2) is 36.4 Å². The maximum absolute atomic E-state index is 12.7. The summed E-state index contributed by atoms with van der Waals surface area (Å²) in [4.78, 5) is 22.3. The molecule has 2 aliphatic heterocycles. The van der Waals surface area contributed by atoms with E-state index < -0.39 is 0 Å². The molecule has 0 spiro atoms. The summed E-state index contributed by atoms with van der Waals surface area (Å²) in [5, 5.41) is 4.10. The van der Waals surface area contributed by atoms with Crippen LogP contribution in [0.1, 0.15) is 28.8 Å². The molecule has 1 N–H and O–H groups in total. The summed E-state index contributed by atoms with van der Waals surface area (Å²) in [6.45, 7) is 2.79. The fourth-order valence-corrected chi connectivity index (χ4v) is 5.39. The molecular weight excluding hydrogens is 396 g/mol. The number of anilines is 2. The van der Waals surface area contributed by atoms with Gasteiger partial charge in [-0.3, -0.25) is 4.79 Å². The normalized spacial score (nSPS) is 18.1. The average molecular weight is 423 g/mol. The van der Waals surface area contributed by atoms with Gasteiger partial charge in [0, 0.05) is 36.8 Å². The standard InChI is InChI=1S/C23H26N4O2S/c1-26(2)14-18-4-3-10-27(18)23-25-19-13-17(6-8-21(19)30-23)24-22(28)16-5-7-20-15(12-16)9-11-29-20/h5-8,12-13,18H,3-4,9-11,14H2,1-2H3,(H,24,28). The molecule has 1 unspecified atom stereocenters. The second kappa shape index (κ2) is 7.89. The SMILES string of the molecule is CN(C)CC1CCCN1c1nc2cc(NC(=O)c3ccc4c(c3)CCO4)ccc2s1. The van der Waals surface area contributed by atoms with Gasteiger partial charge in [-0.2, -0.15) is 0 Å². The maximum atomic E-state index is 12.7. The van der Waals surface area contributed by atoms with Crippen LogP contribution >= 0.6 is 11.3 Å². The van der Waals surface area contributed by atoms with Gasteiger partial charge in [0.05, 0.1) is 16.8 Å². The lowest BCUT2D eigenvalue weighted by Crippen LogP contribution is -2.37. The van der Waals surface area contributed by atoms with Crippen LogP contribution in [0, 0.1) is 0 Å². The van der Waals surface area contributed by atoms with Crippen molar-refractivity contribution in [2.45, 2.75) is 25.3 Å². The second-order valence-electron chi connectivity index (χ2n) is 8.31. The Morgan fingerprint density at radius 3 is 3.07 bits per heavy atom. The molecule has 1 amide bonds. The number of ether oxygens (including phenoxy) is 1. The molecule has 2 aliphatic rings. The van der Waals surface area contributed by atoms with Crippen molar-refractivity contribution in [3.05, 3.63) is 47.5 Å². The minimum atomic E-state index is -0.106. The van der Waals surface area contributed by atoms with E-state index in [-0.39, 0.29) is 5.91 Å². The van der Waals surface area contributed by atoms with E-state index in [0.29, 0.717) is 18.2 Å². The van der Waals surface area contributed by atoms with Crippen LogP contribution in [0.5, 0.6) is 5.75 Å². The molecule has 1 atom stereocenters. The maximum Gasteiger partial charge on any atom is 0.255 e. The number of fused-ring (bicyclic) bond motifs is 2. The minimum absolute atomic E-state index is 0.106. The molecule has 7 heteroatoms. The molecule has 3 aromatic rings. The number of likely N-dealkylation sites (N-methyl/N-ethyl adjacent to an activating group) is 1. The van der Waals surface area contributed by atoms with Crippen molar-refractivity contribution in [2.24, 2.45) is 0 Å². The third-order valence-corrected chi connectivity index (χ3v) is 6.86. The zero-order valence-electron chi connectivity index (χ0n) is 17.4. The number of thiazole rings is 1. The van der Waals surface area contributed by atoms with Gasteiger partial charge < -0.3 is 19.9 Å². The molecular formula is C23H26N4O2S. The molecule has 0 aliphatic carbocycles. The van der Waals surface area contributed by atoms with E-state index in [1.165, 1.54) is 12.8 Å². The molecule has 156 valence electrons. The summed E-state index contributed by atoms with van der Waals surface area (Å²) in [7, 11) is 4.25. The summed E-state index contributed by atoms with van der Waals surface area (Å²) in [6.07, 6.45) is 3.28. The van der Waals surface area contributed by atoms with Gasteiger partial charge >= 0.3 is 0 Å². The third-order valence-electron chi connectivity index (χ3n) is 5.78. The van der Waals surface area contributed by atoms with Crippen LogP contribution in [0.4, 0.5) is 10.8 Å². The van der Waals surface area contributed by atoms with Gasteiger partial charge in [0.25, 0.3) is 5.91 Å². The number of aromatic nitrogens is 1. The zero-order chi connectivity index (χ0) is 20.7. The van der Waals surface area contributed by atoms with E-state index in [9.17, 15) is 4.79 Å². The van der Waals surface area contributed by atoms with E-state index in [1.807, 2.05) is 30.3 Å². The van der Waals surface area contributed by atoms with Gasteiger partial charge in [-0.15, -0.1) is 0 Å². The highest BCUT2D eigenvalue weighted by atomic mass is 32.1. The average Bonchev–Trinajstić information content (AvgIpc) is 3.45. The summed E-state index contributed by atoms with van der Waals surface area (Å²) >= 11 is 1.73. The van der Waals surface area contributed by atoms with E-state index in [2.05, 4.69) is 35.3 Å². The van der Waals surface area contributed by atoms with Gasteiger partial charge in [-0.05, 0) is 68.9 Å². The van der Waals surface area contributed by atoms with Crippen LogP contribution in [-0.4, -0.2) is 55.6 Å². The highest BCUT2D eigenvalue weighted by Crippen LogP contribution is 2.34. The van der Waals surface area contributed by atoms with Gasteiger partial charge in [-0.25, -0.2) is 4.98 Å². The Morgan fingerprint density at radius 1 is 1.30 bits per heavy atom. The first-order chi connectivity index (χ1) is 14.6. The van der Waals surface area contributed by atoms with Crippen molar-refractivity contribution in [3.8, 4) is 5.75 Å². The highest BCUT2D eigenvalue weighted by molar-refractivity contribution is 7.22. The minimum Gasteiger partial charge on any atom is -0.493 e. The van der Waals surface area contributed by atoms with Gasteiger partial charge in [0.1, 0.15) is 5.75 Å². The fourth-order valence-electron chi connectivity index (χ4n) is 4.35. The number of carbonyl (C=O) groups is 1. The Balaban J connectivity index is 1.34. The van der Waals surface area contributed by atoms with Gasteiger partial charge in [0.2, 0.25) is 0 Å². The molecule has 1 saturated heterocycles. The van der Waals surface area contributed by atoms with E-state index in [1.54, 1.807) is 11.3 Å². The molecule has 6 nitrogen and oxygen atoms in total. The lowest BCUT2D eigenvalue weighted by atomic mass is 10.1. The second-order valence-corrected chi connectivity index (χ2v) is 9.31. The van der Waals surface area contributed by atoms with Crippen molar-refractivity contribution in [1.82, 2.24) is 9.88 Å². The first kappa shape index (κ1) is 19.3. The summed E-state index contributed by atoms with van der Waals surface area (Å²) in [6, 6.07) is 12.1. The monoisotopic (exact) mass is 422 g/mol. The Kier molecular flexibility index (Phi) is 5.08. The number of hydrogen-bond donors (Lipinski definition) is 1. The number of hydrogen-bond acceptors (Lipinski definition) is 6. The Hall–Kier alpha value is -2.64. The van der Waals surface area contributed by atoms with Crippen LogP contribution in [0.3, 0.4) is 0 Å². The number of carbonyl (C=O) groups excluding carboxylic acids is 1. The first-order valence-corrected chi connectivity index (χ1v) is 11.3. The third kappa shape index (κ3) is 3.75. The molecule has 1 fully saturated rings. The molecule has 5 rings (SSSR count). The lowest BCUT2D eigenvalue weighted by Gasteiger charge is -2.26. The van der Waals surface area contributed by atoms with Crippen molar-refractivity contribution >= 4 is 38.3 Å². The topological polar surface area (TPSA) is 57.7 Å². The van der Waals surface area contributed by atoms with Crippen molar-refractivity contribution in [2.75, 3.05) is 44.0 Å². The van der Waals surface area contributed by atoms with Crippen LogP contribution in [0.25, 0.3) is 10.2 Å². The Bertz CT molecular complexity index is 1090. The van der Waals surface area contributed by atoms with E-state index in [4.69, 9.17) is 9.72 Å². The lowest BCUT2D eigenvalue weighted by molar-refractivity contribution is 0.102. The Morgan fingerprint density at radius 2 is 2.20 bits per heavy atom. The number of benzene rings is 2. The summed E-state index contributed by atoms with van der Waals surface area (Å²) in [5.41, 5.74) is 3.46. The van der Waals surface area contributed by atoms with E-state index >= 15 is 0 Å². The van der Waals surface area contributed by atoms with Crippen LogP contribution in [-0.2, 0) is 6.42 Å². The van der Waals surface area contributed by atoms with Crippen molar-refractivity contribution in [3.63, 3.8) is 0 Å². The summed E-state index contributed by atoms with van der Waals surface area (Å²) < 4.78 is 6.67. The summed E-state index contributed by atoms with van der Waals surface area (Å²) in [5.74, 6) is 0.780. The fraction of sp³-hybridized carbons (Fsp3) is 0.391. The number of amides is 1. The van der Waals surface area contributed by atoms with Crippen LogP contribution < -0.4 is 15.0 Å². The molecule has 0 radical (unpaired) electrons. The molecule has 0 bridgehead atoms. The van der Waals surface area contributed by atoms with Gasteiger partial charge in [-0.1, -0.05) is 11.3 Å². The highest BCUT2D eigenvalue weighted by Gasteiger charge is 2.27. The first-order valence-electron chi connectivity index (χ1n) is 10.5. The molecule has 0 saturated carbocycles. The molecule has 3 heterocycles. The molecule has 2 aromatic carbocycles. The van der Waals surface area contributed by atoms with Crippen molar-refractivity contribution in [1.29, 1.82) is 0 Å². The van der Waals surface area contributed by atoms with Crippen LogP contribution in [0.2, 0.25) is 0 Å². The number of nitrogens with one attached hydrogen (secondary N) is 1. The predicted molar refractivity (Wildman–Crippen MR) is 122 cm³/mol. The molecule has 1 aromatic heterocycles. The predicted octanol–water partition coefficient (Wildman–Crippen LogP) is 4.01. The molecule has 30 heavy (non-hydrogen) atoms. The van der Waals surface area contributed by atoms with E-state index in [0.717, 1.165) is 51.9 Å².